The van der Waals surface area contributed by atoms with Gasteiger partial charge >= 0.3 is 0 Å². The number of carbonyl (C=O) groups excluding carboxylic acids is 2. The minimum Gasteiger partial charge on any atom is -0.493 e. The van der Waals surface area contributed by atoms with Gasteiger partial charge < -0.3 is 20.1 Å². The number of benzene rings is 1. The fourth-order valence-electron chi connectivity index (χ4n) is 2.28. The normalized spacial score (nSPS) is 10.2. The Balaban J connectivity index is 2.29. The van der Waals surface area contributed by atoms with Crippen LogP contribution in [-0.4, -0.2) is 37.0 Å². The van der Waals surface area contributed by atoms with Crippen molar-refractivity contribution in [3.8, 4) is 11.5 Å². The van der Waals surface area contributed by atoms with Crippen LogP contribution in [0.25, 0.3) is 0 Å². The van der Waals surface area contributed by atoms with Crippen LogP contribution < -0.4 is 15.2 Å². The van der Waals surface area contributed by atoms with Gasteiger partial charge in [-0.1, -0.05) is 23.7 Å². The average Bonchev–Trinajstić information content (AvgIpc) is 3.12. The molecule has 2 aromatic rings. The van der Waals surface area contributed by atoms with E-state index in [1.165, 1.54) is 19.2 Å². The molecular formula is C18H19ClN2O4S. The van der Waals surface area contributed by atoms with E-state index in [0.717, 1.165) is 4.88 Å². The lowest BCUT2D eigenvalue weighted by atomic mass is 10.1. The molecule has 1 aromatic carbocycles. The Morgan fingerprint density at radius 2 is 2.19 bits per heavy atom. The van der Waals surface area contributed by atoms with Gasteiger partial charge in [-0.05, 0) is 23.6 Å². The van der Waals surface area contributed by atoms with Gasteiger partial charge in [0, 0.05) is 17.0 Å². The van der Waals surface area contributed by atoms with Crippen LogP contribution in [0.1, 0.15) is 15.2 Å². The highest BCUT2D eigenvalue weighted by Crippen LogP contribution is 2.36. The lowest BCUT2D eigenvalue weighted by molar-refractivity contribution is -0.119. The maximum atomic E-state index is 12.9. The van der Waals surface area contributed by atoms with E-state index in [1.807, 2.05) is 17.5 Å². The zero-order valence-corrected chi connectivity index (χ0v) is 15.8. The van der Waals surface area contributed by atoms with Gasteiger partial charge in [-0.2, -0.15) is 0 Å². The van der Waals surface area contributed by atoms with Crippen molar-refractivity contribution in [2.45, 2.75) is 6.54 Å². The Morgan fingerprint density at radius 3 is 2.77 bits per heavy atom. The standard InChI is InChI=1S/C18H19ClN2O4S/c1-3-6-21(10-13-5-4-7-26-13)18(23)12-8-14(19)17(15(9-12)24-2)25-11-16(20)22/h3-5,7-9H,1,6,10-11H2,2H3,(H2,20,22). The summed E-state index contributed by atoms with van der Waals surface area (Å²) in [7, 11) is 1.42. The van der Waals surface area contributed by atoms with Crippen molar-refractivity contribution in [3.63, 3.8) is 0 Å². The van der Waals surface area contributed by atoms with E-state index in [9.17, 15) is 9.59 Å². The SMILES string of the molecule is C=CCN(Cc1cccs1)C(=O)c1cc(Cl)c(OCC(N)=O)c(OC)c1. The Hall–Kier alpha value is -2.51. The molecule has 0 spiro atoms. The summed E-state index contributed by atoms with van der Waals surface area (Å²) < 4.78 is 10.5. The topological polar surface area (TPSA) is 81.9 Å². The molecule has 0 radical (unpaired) electrons. The molecule has 26 heavy (non-hydrogen) atoms. The molecule has 2 amide bonds. The lowest BCUT2D eigenvalue weighted by Gasteiger charge is -2.21. The largest absolute Gasteiger partial charge is 0.493 e. The third-order valence-corrected chi connectivity index (χ3v) is 4.54. The van der Waals surface area contributed by atoms with Crippen molar-refractivity contribution in [1.29, 1.82) is 0 Å². The molecule has 0 unspecified atom stereocenters. The molecular weight excluding hydrogens is 376 g/mol. The number of nitrogens with two attached hydrogens (primary N) is 1. The first-order valence-corrected chi connectivity index (χ1v) is 8.93. The van der Waals surface area contributed by atoms with Crippen molar-refractivity contribution < 1.29 is 19.1 Å². The molecule has 138 valence electrons. The van der Waals surface area contributed by atoms with Crippen molar-refractivity contribution >= 4 is 34.8 Å². The summed E-state index contributed by atoms with van der Waals surface area (Å²) in [4.78, 5) is 26.5. The second-order valence-corrected chi connectivity index (χ2v) is 6.74. The van der Waals surface area contributed by atoms with Gasteiger partial charge in [0.1, 0.15) is 0 Å². The molecule has 1 aromatic heterocycles. The van der Waals surface area contributed by atoms with E-state index in [2.05, 4.69) is 6.58 Å². The highest BCUT2D eigenvalue weighted by Gasteiger charge is 2.20. The number of thiophene rings is 1. The number of halogens is 1. The first-order valence-electron chi connectivity index (χ1n) is 7.67. The number of nitrogens with zero attached hydrogens (tertiary/aromatic N) is 1. The number of primary amides is 1. The summed E-state index contributed by atoms with van der Waals surface area (Å²) in [6.07, 6.45) is 1.66. The maximum Gasteiger partial charge on any atom is 0.255 e. The molecule has 8 heteroatoms. The number of hydrogen-bond acceptors (Lipinski definition) is 5. The molecule has 0 aliphatic rings. The first-order chi connectivity index (χ1) is 12.5. The van der Waals surface area contributed by atoms with Crippen LogP contribution in [-0.2, 0) is 11.3 Å². The van der Waals surface area contributed by atoms with Crippen LogP contribution in [0.4, 0.5) is 0 Å². The second kappa shape index (κ2) is 9.26. The quantitative estimate of drug-likeness (QED) is 0.662. The van der Waals surface area contributed by atoms with E-state index in [-0.39, 0.29) is 29.0 Å². The summed E-state index contributed by atoms with van der Waals surface area (Å²) in [5.74, 6) is -0.453. The zero-order valence-electron chi connectivity index (χ0n) is 14.2. The molecule has 0 saturated heterocycles. The van der Waals surface area contributed by atoms with Gasteiger partial charge in [0.05, 0.1) is 18.7 Å². The van der Waals surface area contributed by atoms with Gasteiger partial charge in [0.25, 0.3) is 11.8 Å². The molecule has 0 aliphatic heterocycles. The third-order valence-electron chi connectivity index (χ3n) is 3.40. The van der Waals surface area contributed by atoms with E-state index in [0.29, 0.717) is 18.7 Å². The third kappa shape index (κ3) is 5.00. The second-order valence-electron chi connectivity index (χ2n) is 5.30. The van der Waals surface area contributed by atoms with E-state index < -0.39 is 5.91 Å². The smallest absolute Gasteiger partial charge is 0.255 e. The van der Waals surface area contributed by atoms with E-state index in [4.69, 9.17) is 26.8 Å². The van der Waals surface area contributed by atoms with Crippen LogP contribution in [0.3, 0.4) is 0 Å². The van der Waals surface area contributed by atoms with Gasteiger partial charge in [-0.3, -0.25) is 9.59 Å². The van der Waals surface area contributed by atoms with Gasteiger partial charge in [0.15, 0.2) is 18.1 Å². The van der Waals surface area contributed by atoms with Gasteiger partial charge in [-0.25, -0.2) is 0 Å². The number of ether oxygens (including phenoxy) is 2. The summed E-state index contributed by atoms with van der Waals surface area (Å²) in [5, 5.41) is 2.11. The highest BCUT2D eigenvalue weighted by molar-refractivity contribution is 7.09. The fourth-order valence-corrected chi connectivity index (χ4v) is 3.26. The number of carbonyl (C=O) groups is 2. The summed E-state index contributed by atoms with van der Waals surface area (Å²) in [5.41, 5.74) is 5.42. The highest BCUT2D eigenvalue weighted by atomic mass is 35.5. The number of rotatable bonds is 9. The zero-order chi connectivity index (χ0) is 19.1. The lowest BCUT2D eigenvalue weighted by Crippen LogP contribution is -2.30. The molecule has 0 aliphatic carbocycles. The predicted octanol–water partition coefficient (Wildman–Crippen LogP) is 3.10. The molecule has 1 heterocycles. The molecule has 0 fully saturated rings. The number of amides is 2. The van der Waals surface area contributed by atoms with Crippen LogP contribution in [0.5, 0.6) is 11.5 Å². The molecule has 2 N–H and O–H groups in total. The van der Waals surface area contributed by atoms with Gasteiger partial charge in [0.2, 0.25) is 0 Å². The number of methoxy groups -OCH3 is 1. The van der Waals surface area contributed by atoms with Crippen molar-refractivity contribution in [2.75, 3.05) is 20.3 Å². The monoisotopic (exact) mass is 394 g/mol. The molecule has 0 saturated carbocycles. The minimum absolute atomic E-state index is 0.156. The van der Waals surface area contributed by atoms with E-state index >= 15 is 0 Å². The summed E-state index contributed by atoms with van der Waals surface area (Å²) in [6, 6.07) is 6.89. The Morgan fingerprint density at radius 1 is 1.42 bits per heavy atom. The predicted molar refractivity (Wildman–Crippen MR) is 102 cm³/mol. The Bertz CT molecular complexity index is 793. The Kier molecular flexibility index (Phi) is 7.06. The maximum absolute atomic E-state index is 12.9. The summed E-state index contributed by atoms with van der Waals surface area (Å²) in [6.45, 7) is 4.21. The van der Waals surface area contributed by atoms with Crippen LogP contribution in [0, 0.1) is 0 Å². The van der Waals surface area contributed by atoms with E-state index in [1.54, 1.807) is 22.3 Å². The molecule has 6 nitrogen and oxygen atoms in total. The van der Waals surface area contributed by atoms with Gasteiger partial charge in [-0.15, -0.1) is 17.9 Å². The minimum atomic E-state index is -0.642. The fraction of sp³-hybridized carbons (Fsp3) is 0.222. The van der Waals surface area contributed by atoms with Crippen LogP contribution >= 0.6 is 22.9 Å². The summed E-state index contributed by atoms with van der Waals surface area (Å²) >= 11 is 7.79. The molecule has 0 atom stereocenters. The first kappa shape index (κ1) is 19.8. The molecule has 2 rings (SSSR count). The Labute approximate surface area is 160 Å². The van der Waals surface area contributed by atoms with Crippen LogP contribution in [0.2, 0.25) is 5.02 Å². The molecule has 0 bridgehead atoms. The van der Waals surface area contributed by atoms with Crippen molar-refractivity contribution in [1.82, 2.24) is 4.90 Å². The number of hydrogen-bond donors (Lipinski definition) is 1. The van der Waals surface area contributed by atoms with Crippen LogP contribution in [0.15, 0.2) is 42.3 Å². The van der Waals surface area contributed by atoms with Crippen molar-refractivity contribution in [2.24, 2.45) is 5.73 Å². The average molecular weight is 395 g/mol. The van der Waals surface area contributed by atoms with Crippen molar-refractivity contribution in [3.05, 3.63) is 57.8 Å².